The number of rotatable bonds is 6. The van der Waals surface area contributed by atoms with E-state index >= 15 is 0 Å². The largest absolute Gasteiger partial charge is 0.377 e. The van der Waals surface area contributed by atoms with E-state index < -0.39 is 0 Å². The van der Waals surface area contributed by atoms with Crippen LogP contribution in [0.25, 0.3) is 0 Å². The molecule has 2 rings (SSSR count). The van der Waals surface area contributed by atoms with Crippen molar-refractivity contribution in [2.24, 2.45) is 5.41 Å². The summed E-state index contributed by atoms with van der Waals surface area (Å²) in [5, 5.41) is 0. The molecule has 0 amide bonds. The van der Waals surface area contributed by atoms with Crippen LogP contribution in [0.2, 0.25) is 0 Å². The lowest BCUT2D eigenvalue weighted by Crippen LogP contribution is -2.54. The van der Waals surface area contributed by atoms with Crippen LogP contribution < -0.4 is 0 Å². The Labute approximate surface area is 125 Å². The topological polar surface area (TPSA) is 15.7 Å². The summed E-state index contributed by atoms with van der Waals surface area (Å²) < 4.78 is 5.73. The van der Waals surface area contributed by atoms with Gasteiger partial charge in [-0.15, -0.1) is 0 Å². The SMILES string of the molecule is CC(C)OCCN1C2CCC1CN(CCC(C)(C)C)C2. The van der Waals surface area contributed by atoms with Crippen molar-refractivity contribution in [3.05, 3.63) is 0 Å². The smallest absolute Gasteiger partial charge is 0.0597 e. The average Bonchev–Trinajstić information content (AvgIpc) is 2.58. The van der Waals surface area contributed by atoms with Crippen LogP contribution in [0.15, 0.2) is 0 Å². The minimum atomic E-state index is 0.362. The van der Waals surface area contributed by atoms with Gasteiger partial charge in [-0.1, -0.05) is 20.8 Å². The number of ether oxygens (including phenoxy) is 1. The summed E-state index contributed by atoms with van der Waals surface area (Å²) in [6.07, 6.45) is 4.44. The Kier molecular flexibility index (Phi) is 5.49. The van der Waals surface area contributed by atoms with Crippen LogP contribution in [0.4, 0.5) is 0 Å². The van der Waals surface area contributed by atoms with Crippen LogP contribution in [0.1, 0.15) is 53.9 Å². The van der Waals surface area contributed by atoms with Gasteiger partial charge >= 0.3 is 0 Å². The molecular formula is C17H34N2O. The zero-order valence-electron chi connectivity index (χ0n) is 14.2. The highest BCUT2D eigenvalue weighted by Gasteiger charge is 2.39. The van der Waals surface area contributed by atoms with E-state index in [1.54, 1.807) is 0 Å². The predicted octanol–water partition coefficient (Wildman–Crippen LogP) is 3.00. The third-order valence-corrected chi connectivity index (χ3v) is 4.69. The van der Waals surface area contributed by atoms with Crippen molar-refractivity contribution >= 4 is 0 Å². The van der Waals surface area contributed by atoms with Crippen molar-refractivity contribution < 1.29 is 4.74 Å². The maximum Gasteiger partial charge on any atom is 0.0597 e. The molecule has 2 saturated heterocycles. The van der Waals surface area contributed by atoms with Crippen LogP contribution in [0.3, 0.4) is 0 Å². The highest BCUT2D eigenvalue weighted by molar-refractivity contribution is 4.95. The Morgan fingerprint density at radius 3 is 2.15 bits per heavy atom. The number of fused-ring (bicyclic) bond motifs is 2. The molecule has 0 spiro atoms. The molecule has 20 heavy (non-hydrogen) atoms. The molecule has 2 aliphatic rings. The molecule has 118 valence electrons. The molecule has 0 aliphatic carbocycles. The lowest BCUT2D eigenvalue weighted by atomic mass is 9.92. The van der Waals surface area contributed by atoms with Crippen LogP contribution in [-0.4, -0.2) is 60.8 Å². The summed E-state index contributed by atoms with van der Waals surface area (Å²) in [5.41, 5.74) is 0.460. The summed E-state index contributed by atoms with van der Waals surface area (Å²) in [7, 11) is 0. The van der Waals surface area contributed by atoms with Gasteiger partial charge in [-0.3, -0.25) is 4.90 Å². The highest BCUT2D eigenvalue weighted by Crippen LogP contribution is 2.30. The summed E-state index contributed by atoms with van der Waals surface area (Å²) in [4.78, 5) is 5.42. The number of hydrogen-bond donors (Lipinski definition) is 0. The summed E-state index contributed by atoms with van der Waals surface area (Å²) in [6.45, 7) is 17.1. The maximum atomic E-state index is 5.73. The highest BCUT2D eigenvalue weighted by atomic mass is 16.5. The predicted molar refractivity (Wildman–Crippen MR) is 85.1 cm³/mol. The van der Waals surface area contributed by atoms with E-state index in [0.717, 1.165) is 25.2 Å². The first-order valence-corrected chi connectivity index (χ1v) is 8.45. The van der Waals surface area contributed by atoms with Crippen molar-refractivity contribution in [3.63, 3.8) is 0 Å². The minimum absolute atomic E-state index is 0.362. The second kappa shape index (κ2) is 6.76. The van der Waals surface area contributed by atoms with E-state index in [4.69, 9.17) is 4.74 Å². The van der Waals surface area contributed by atoms with Gasteiger partial charge in [0.15, 0.2) is 0 Å². The Balaban J connectivity index is 1.76. The molecule has 2 bridgehead atoms. The summed E-state index contributed by atoms with van der Waals surface area (Å²) >= 11 is 0. The van der Waals surface area contributed by atoms with E-state index in [-0.39, 0.29) is 0 Å². The molecule has 0 N–H and O–H groups in total. The summed E-state index contributed by atoms with van der Waals surface area (Å²) in [5.74, 6) is 0. The van der Waals surface area contributed by atoms with Gasteiger partial charge < -0.3 is 9.64 Å². The molecule has 0 aromatic rings. The second-order valence-electron chi connectivity index (χ2n) is 8.11. The normalized spacial score (nSPS) is 28.5. The van der Waals surface area contributed by atoms with Crippen molar-refractivity contribution in [2.45, 2.75) is 72.1 Å². The lowest BCUT2D eigenvalue weighted by molar-refractivity contribution is 0.0148. The first kappa shape index (κ1) is 16.3. The van der Waals surface area contributed by atoms with Gasteiger partial charge in [0, 0.05) is 31.7 Å². The van der Waals surface area contributed by atoms with Crippen molar-refractivity contribution in [3.8, 4) is 0 Å². The van der Waals surface area contributed by atoms with E-state index in [9.17, 15) is 0 Å². The fourth-order valence-corrected chi connectivity index (χ4v) is 3.51. The lowest BCUT2D eigenvalue weighted by Gasteiger charge is -2.41. The fourth-order valence-electron chi connectivity index (χ4n) is 3.51. The fraction of sp³-hybridized carbons (Fsp3) is 1.00. The first-order valence-electron chi connectivity index (χ1n) is 8.45. The zero-order chi connectivity index (χ0) is 14.8. The number of piperazine rings is 1. The first-order chi connectivity index (χ1) is 9.35. The van der Waals surface area contributed by atoms with Crippen molar-refractivity contribution in [1.29, 1.82) is 0 Å². The monoisotopic (exact) mass is 282 g/mol. The van der Waals surface area contributed by atoms with Gasteiger partial charge in [0.2, 0.25) is 0 Å². The van der Waals surface area contributed by atoms with Gasteiger partial charge in [0.25, 0.3) is 0 Å². The van der Waals surface area contributed by atoms with Crippen molar-refractivity contribution in [1.82, 2.24) is 9.80 Å². The Morgan fingerprint density at radius 1 is 1.05 bits per heavy atom. The van der Waals surface area contributed by atoms with Crippen LogP contribution in [0.5, 0.6) is 0 Å². The average molecular weight is 282 g/mol. The van der Waals surface area contributed by atoms with Gasteiger partial charge in [0.1, 0.15) is 0 Å². The van der Waals surface area contributed by atoms with Crippen LogP contribution in [-0.2, 0) is 4.74 Å². The molecule has 3 nitrogen and oxygen atoms in total. The van der Waals surface area contributed by atoms with Crippen LogP contribution >= 0.6 is 0 Å². The van der Waals surface area contributed by atoms with E-state index in [1.165, 1.54) is 38.9 Å². The standard InChI is InChI=1S/C17H34N2O/c1-14(2)20-11-10-19-15-6-7-16(19)13-18(12-15)9-8-17(3,4)5/h14-16H,6-13H2,1-5H3. The molecule has 0 aromatic heterocycles. The third kappa shape index (κ3) is 4.71. The van der Waals surface area contributed by atoms with E-state index in [2.05, 4.69) is 44.4 Å². The number of nitrogens with zero attached hydrogens (tertiary/aromatic N) is 2. The van der Waals surface area contributed by atoms with Crippen LogP contribution in [0, 0.1) is 5.41 Å². The zero-order valence-corrected chi connectivity index (χ0v) is 14.2. The molecule has 0 aromatic carbocycles. The molecule has 2 unspecified atom stereocenters. The second-order valence-corrected chi connectivity index (χ2v) is 8.11. The Morgan fingerprint density at radius 2 is 1.65 bits per heavy atom. The third-order valence-electron chi connectivity index (χ3n) is 4.69. The van der Waals surface area contributed by atoms with Gasteiger partial charge in [-0.05, 0) is 45.1 Å². The summed E-state index contributed by atoms with van der Waals surface area (Å²) in [6, 6.07) is 1.56. The van der Waals surface area contributed by atoms with Crippen molar-refractivity contribution in [2.75, 3.05) is 32.8 Å². The molecule has 2 aliphatic heterocycles. The Hall–Kier alpha value is -0.120. The molecule has 2 atom stereocenters. The Bertz CT molecular complexity index is 284. The molecule has 0 saturated carbocycles. The van der Waals surface area contributed by atoms with E-state index in [0.29, 0.717) is 11.5 Å². The minimum Gasteiger partial charge on any atom is -0.377 e. The molecular weight excluding hydrogens is 248 g/mol. The van der Waals surface area contributed by atoms with Gasteiger partial charge in [0.05, 0.1) is 12.7 Å². The quantitative estimate of drug-likeness (QED) is 0.745. The maximum absolute atomic E-state index is 5.73. The molecule has 2 fully saturated rings. The number of likely N-dealkylation sites (tertiary alicyclic amines) is 1. The van der Waals surface area contributed by atoms with Gasteiger partial charge in [-0.2, -0.15) is 0 Å². The molecule has 0 radical (unpaired) electrons. The molecule has 2 heterocycles. The molecule has 3 heteroatoms. The van der Waals surface area contributed by atoms with E-state index in [1.807, 2.05) is 0 Å². The number of hydrogen-bond acceptors (Lipinski definition) is 3. The van der Waals surface area contributed by atoms with Gasteiger partial charge in [-0.25, -0.2) is 0 Å².